The number of unbranched alkanes of at least 4 members (excludes halogenated alkanes) is 7. The highest BCUT2D eigenvalue weighted by Gasteiger charge is 2.19. The summed E-state index contributed by atoms with van der Waals surface area (Å²) < 4.78 is 5.87. The van der Waals surface area contributed by atoms with Crippen molar-refractivity contribution in [2.75, 3.05) is 18.1 Å². The van der Waals surface area contributed by atoms with Crippen molar-refractivity contribution in [2.24, 2.45) is 5.73 Å². The van der Waals surface area contributed by atoms with Crippen LogP contribution in [0.2, 0.25) is 0 Å². The van der Waals surface area contributed by atoms with E-state index >= 15 is 0 Å². The van der Waals surface area contributed by atoms with Crippen molar-refractivity contribution < 1.29 is 14.3 Å². The Morgan fingerprint density at radius 1 is 0.882 bits per heavy atom. The van der Waals surface area contributed by atoms with Crippen LogP contribution in [0.5, 0.6) is 5.75 Å². The molecule has 0 saturated heterocycles. The van der Waals surface area contributed by atoms with Crippen LogP contribution in [0.1, 0.15) is 87.6 Å². The molecule has 0 aliphatic heterocycles. The van der Waals surface area contributed by atoms with E-state index in [0.29, 0.717) is 30.1 Å². The summed E-state index contributed by atoms with van der Waals surface area (Å²) in [4.78, 5) is 26.3. The zero-order valence-electron chi connectivity index (χ0n) is 21.1. The highest BCUT2D eigenvalue weighted by Crippen LogP contribution is 2.30. The zero-order valence-corrected chi connectivity index (χ0v) is 21.1. The fourth-order valence-corrected chi connectivity index (χ4v) is 3.80. The van der Waals surface area contributed by atoms with Crippen LogP contribution in [0.3, 0.4) is 0 Å². The number of urea groups is 1. The Morgan fingerprint density at radius 2 is 1.53 bits per heavy atom. The first-order valence-electron chi connectivity index (χ1n) is 12.7. The normalized spacial score (nSPS) is 10.7. The standard InChI is InChI=1S/C28H41N3O3/c1-4-6-8-9-10-11-12-20-34-25-17-15-24(16-18-25)31(28(29)33)26-21-23(14-13-22(26)3)27(32)30-19-7-5-2/h13-18,21H,4-12,19-20H2,1-3H3,(H2,29,33)(H,30,32). The summed E-state index contributed by atoms with van der Waals surface area (Å²) in [5, 5.41) is 2.91. The molecule has 0 aliphatic carbocycles. The van der Waals surface area contributed by atoms with Crippen molar-refractivity contribution in [3.8, 4) is 5.75 Å². The number of nitrogens with two attached hydrogens (primary N) is 1. The van der Waals surface area contributed by atoms with Gasteiger partial charge in [-0.15, -0.1) is 0 Å². The molecule has 6 heteroatoms. The van der Waals surface area contributed by atoms with Gasteiger partial charge in [0.05, 0.1) is 18.0 Å². The lowest BCUT2D eigenvalue weighted by atomic mass is 10.1. The molecule has 3 N–H and O–H groups in total. The van der Waals surface area contributed by atoms with Gasteiger partial charge in [0.2, 0.25) is 0 Å². The number of nitrogens with zero attached hydrogens (tertiary/aromatic N) is 1. The maximum atomic E-state index is 12.5. The number of aryl methyl sites for hydroxylation is 1. The van der Waals surface area contributed by atoms with Crippen molar-refractivity contribution in [3.05, 3.63) is 53.6 Å². The number of carbonyl (C=O) groups excluding carboxylic acids is 2. The van der Waals surface area contributed by atoms with E-state index in [1.807, 2.05) is 37.3 Å². The molecule has 0 bridgehead atoms. The number of rotatable bonds is 15. The van der Waals surface area contributed by atoms with Gasteiger partial charge in [0.15, 0.2) is 0 Å². The molecule has 0 spiro atoms. The Morgan fingerprint density at radius 3 is 2.18 bits per heavy atom. The molecule has 3 amide bonds. The van der Waals surface area contributed by atoms with Gasteiger partial charge in [-0.2, -0.15) is 0 Å². The van der Waals surface area contributed by atoms with Gasteiger partial charge < -0.3 is 15.8 Å². The smallest absolute Gasteiger partial charge is 0.323 e. The molecule has 2 aromatic carbocycles. The summed E-state index contributed by atoms with van der Waals surface area (Å²) in [6.45, 7) is 7.50. The monoisotopic (exact) mass is 467 g/mol. The summed E-state index contributed by atoms with van der Waals surface area (Å²) in [5.41, 5.74) is 8.31. The number of ether oxygens (including phenoxy) is 1. The first kappa shape index (κ1) is 27.2. The Bertz CT molecular complexity index is 896. The topological polar surface area (TPSA) is 84.7 Å². The van der Waals surface area contributed by atoms with E-state index in [4.69, 9.17) is 10.5 Å². The molecule has 2 aromatic rings. The molecule has 2 rings (SSSR count). The molecule has 0 fully saturated rings. The highest BCUT2D eigenvalue weighted by molar-refractivity contribution is 6.01. The molecular formula is C28H41N3O3. The molecule has 0 saturated carbocycles. The third-order valence-electron chi connectivity index (χ3n) is 5.86. The summed E-state index contributed by atoms with van der Waals surface area (Å²) in [6, 6.07) is 12.0. The third kappa shape index (κ3) is 8.73. The van der Waals surface area contributed by atoms with Crippen LogP contribution in [-0.2, 0) is 0 Å². The van der Waals surface area contributed by atoms with Crippen LogP contribution in [0, 0.1) is 6.92 Å². The van der Waals surface area contributed by atoms with E-state index in [0.717, 1.165) is 30.6 Å². The second-order valence-electron chi connectivity index (χ2n) is 8.75. The first-order valence-corrected chi connectivity index (χ1v) is 12.7. The average Bonchev–Trinajstić information content (AvgIpc) is 2.83. The SMILES string of the molecule is CCCCCCCCCOc1ccc(N(C(N)=O)c2cc(C(=O)NCCCC)ccc2C)cc1. The fraction of sp³-hybridized carbons (Fsp3) is 0.500. The van der Waals surface area contributed by atoms with Gasteiger partial charge >= 0.3 is 6.03 Å². The summed E-state index contributed by atoms with van der Waals surface area (Å²) >= 11 is 0. The van der Waals surface area contributed by atoms with Crippen LogP contribution in [0.4, 0.5) is 16.2 Å². The maximum Gasteiger partial charge on any atom is 0.323 e. The number of hydrogen-bond donors (Lipinski definition) is 2. The van der Waals surface area contributed by atoms with Crippen LogP contribution >= 0.6 is 0 Å². The average molecular weight is 468 g/mol. The molecule has 186 valence electrons. The molecule has 0 atom stereocenters. The second-order valence-corrected chi connectivity index (χ2v) is 8.75. The number of nitrogens with one attached hydrogen (secondary N) is 1. The van der Waals surface area contributed by atoms with Gasteiger partial charge in [0, 0.05) is 12.1 Å². The summed E-state index contributed by atoms with van der Waals surface area (Å²) in [7, 11) is 0. The van der Waals surface area contributed by atoms with Crippen LogP contribution in [0.25, 0.3) is 0 Å². The van der Waals surface area contributed by atoms with Crippen molar-refractivity contribution in [1.29, 1.82) is 0 Å². The number of primary amides is 1. The lowest BCUT2D eigenvalue weighted by Crippen LogP contribution is -2.32. The molecule has 0 radical (unpaired) electrons. The maximum absolute atomic E-state index is 12.5. The largest absolute Gasteiger partial charge is 0.494 e. The molecular weight excluding hydrogens is 426 g/mol. The summed E-state index contributed by atoms with van der Waals surface area (Å²) in [6.07, 6.45) is 10.6. The van der Waals surface area contributed by atoms with Crippen molar-refractivity contribution in [3.63, 3.8) is 0 Å². The second kappa shape index (κ2) is 15.0. The van der Waals surface area contributed by atoms with Gasteiger partial charge in [-0.3, -0.25) is 9.69 Å². The zero-order chi connectivity index (χ0) is 24.8. The predicted octanol–water partition coefficient (Wildman–Crippen LogP) is 6.87. The van der Waals surface area contributed by atoms with E-state index in [-0.39, 0.29) is 5.91 Å². The van der Waals surface area contributed by atoms with Gasteiger partial charge in [-0.25, -0.2) is 4.79 Å². The molecule has 34 heavy (non-hydrogen) atoms. The van der Waals surface area contributed by atoms with E-state index in [1.165, 1.54) is 43.4 Å². The number of carbonyl (C=O) groups is 2. The van der Waals surface area contributed by atoms with Crippen LogP contribution < -0.4 is 20.7 Å². The molecule has 0 unspecified atom stereocenters. The van der Waals surface area contributed by atoms with Gasteiger partial charge in [0.25, 0.3) is 5.91 Å². The lowest BCUT2D eigenvalue weighted by molar-refractivity contribution is 0.0953. The minimum Gasteiger partial charge on any atom is -0.494 e. The van der Waals surface area contributed by atoms with Crippen molar-refractivity contribution in [1.82, 2.24) is 5.32 Å². The number of amides is 3. The quantitative estimate of drug-likeness (QED) is 0.280. The Balaban J connectivity index is 2.01. The van der Waals surface area contributed by atoms with E-state index in [2.05, 4.69) is 19.2 Å². The Labute approximate surface area is 204 Å². The molecule has 0 aromatic heterocycles. The van der Waals surface area contributed by atoms with Crippen molar-refractivity contribution >= 4 is 23.3 Å². The molecule has 6 nitrogen and oxygen atoms in total. The van der Waals surface area contributed by atoms with E-state index in [9.17, 15) is 9.59 Å². The number of benzene rings is 2. The van der Waals surface area contributed by atoms with Gasteiger partial charge in [-0.05, 0) is 61.7 Å². The number of anilines is 2. The predicted molar refractivity (Wildman–Crippen MR) is 140 cm³/mol. The fourth-order valence-electron chi connectivity index (χ4n) is 3.80. The first-order chi connectivity index (χ1) is 16.5. The lowest BCUT2D eigenvalue weighted by Gasteiger charge is -2.23. The third-order valence-corrected chi connectivity index (χ3v) is 5.86. The Kier molecular flexibility index (Phi) is 12.0. The minimum absolute atomic E-state index is 0.159. The van der Waals surface area contributed by atoms with Gasteiger partial charge in [0.1, 0.15) is 5.75 Å². The van der Waals surface area contributed by atoms with E-state index in [1.54, 1.807) is 12.1 Å². The van der Waals surface area contributed by atoms with Crippen molar-refractivity contribution in [2.45, 2.75) is 78.6 Å². The number of hydrogen-bond acceptors (Lipinski definition) is 3. The van der Waals surface area contributed by atoms with E-state index < -0.39 is 6.03 Å². The van der Waals surface area contributed by atoms with Gasteiger partial charge in [-0.1, -0.05) is 64.9 Å². The van der Waals surface area contributed by atoms with Crippen LogP contribution in [0.15, 0.2) is 42.5 Å². The minimum atomic E-state index is -0.608. The van der Waals surface area contributed by atoms with Crippen LogP contribution in [-0.4, -0.2) is 25.1 Å². The Hall–Kier alpha value is -3.02. The molecule has 0 heterocycles. The molecule has 0 aliphatic rings. The summed E-state index contributed by atoms with van der Waals surface area (Å²) in [5.74, 6) is 0.605. The highest BCUT2D eigenvalue weighted by atomic mass is 16.5.